The second-order valence-electron chi connectivity index (χ2n) is 6.64. The number of furan rings is 1. The standard InChI is InChI=1S/C23H25FN4O2.HI/c1-2-25-23(28-15-18-7-4-9-20(24)13-18)27-14-17-6-3-8-19(12-17)22(29)26-16-21-10-5-11-30-21;/h3-13H,2,14-16H2,1H3,(H,26,29)(H2,25,27,28);1H. The summed E-state index contributed by atoms with van der Waals surface area (Å²) in [6.45, 7) is 3.87. The van der Waals surface area contributed by atoms with Crippen molar-refractivity contribution in [1.29, 1.82) is 0 Å². The van der Waals surface area contributed by atoms with Crippen LogP contribution in [0.25, 0.3) is 0 Å². The average Bonchev–Trinajstić information content (AvgIpc) is 3.28. The van der Waals surface area contributed by atoms with Crippen LogP contribution in [0.1, 0.15) is 34.2 Å². The molecule has 31 heavy (non-hydrogen) atoms. The van der Waals surface area contributed by atoms with E-state index >= 15 is 0 Å². The third-order valence-corrected chi connectivity index (χ3v) is 4.31. The Bertz CT molecular complexity index is 993. The van der Waals surface area contributed by atoms with Gasteiger partial charge in [-0.05, 0) is 54.4 Å². The van der Waals surface area contributed by atoms with Crippen molar-refractivity contribution in [2.24, 2.45) is 4.99 Å². The van der Waals surface area contributed by atoms with Gasteiger partial charge in [-0.1, -0.05) is 24.3 Å². The lowest BCUT2D eigenvalue weighted by molar-refractivity contribution is 0.0948. The maximum atomic E-state index is 13.3. The molecule has 0 radical (unpaired) electrons. The predicted molar refractivity (Wildman–Crippen MR) is 130 cm³/mol. The molecule has 2 aromatic carbocycles. The summed E-state index contributed by atoms with van der Waals surface area (Å²) in [5, 5.41) is 9.24. The molecule has 164 valence electrons. The van der Waals surface area contributed by atoms with Crippen molar-refractivity contribution in [1.82, 2.24) is 16.0 Å². The van der Waals surface area contributed by atoms with Crippen molar-refractivity contribution in [3.05, 3.63) is 95.2 Å². The largest absolute Gasteiger partial charge is 0.467 e. The number of benzene rings is 2. The van der Waals surface area contributed by atoms with Gasteiger partial charge in [-0.3, -0.25) is 4.79 Å². The fourth-order valence-electron chi connectivity index (χ4n) is 2.84. The van der Waals surface area contributed by atoms with E-state index in [4.69, 9.17) is 4.42 Å². The van der Waals surface area contributed by atoms with Gasteiger partial charge in [-0.15, -0.1) is 24.0 Å². The fraction of sp³-hybridized carbons (Fsp3) is 0.217. The van der Waals surface area contributed by atoms with Crippen LogP contribution in [0.2, 0.25) is 0 Å². The van der Waals surface area contributed by atoms with Gasteiger partial charge in [0.15, 0.2) is 5.96 Å². The van der Waals surface area contributed by atoms with Crippen LogP contribution in [-0.4, -0.2) is 18.4 Å². The molecule has 0 fully saturated rings. The normalized spacial score (nSPS) is 10.8. The monoisotopic (exact) mass is 536 g/mol. The van der Waals surface area contributed by atoms with Crippen molar-refractivity contribution >= 4 is 35.8 Å². The van der Waals surface area contributed by atoms with Crippen LogP contribution in [0.3, 0.4) is 0 Å². The molecule has 3 rings (SSSR count). The summed E-state index contributed by atoms with van der Waals surface area (Å²) in [5.41, 5.74) is 2.31. The molecule has 0 aliphatic carbocycles. The second-order valence-corrected chi connectivity index (χ2v) is 6.64. The van der Waals surface area contributed by atoms with Crippen LogP contribution in [-0.2, 0) is 19.6 Å². The number of nitrogens with one attached hydrogen (secondary N) is 3. The molecular formula is C23H26FIN4O2. The number of carbonyl (C=O) groups is 1. The van der Waals surface area contributed by atoms with E-state index in [0.29, 0.717) is 43.5 Å². The molecule has 3 aromatic rings. The highest BCUT2D eigenvalue weighted by Crippen LogP contribution is 2.07. The van der Waals surface area contributed by atoms with E-state index in [-0.39, 0.29) is 35.7 Å². The minimum absolute atomic E-state index is 0. The molecule has 1 aromatic heterocycles. The number of hydrogen-bond acceptors (Lipinski definition) is 3. The SMILES string of the molecule is CCNC(=NCc1cccc(F)c1)NCc1cccc(C(=O)NCc2ccco2)c1.I. The molecule has 0 bridgehead atoms. The van der Waals surface area contributed by atoms with Gasteiger partial charge in [0.2, 0.25) is 0 Å². The van der Waals surface area contributed by atoms with Gasteiger partial charge in [-0.25, -0.2) is 9.38 Å². The smallest absolute Gasteiger partial charge is 0.251 e. The number of amides is 1. The summed E-state index contributed by atoms with van der Waals surface area (Å²) in [7, 11) is 0. The molecule has 0 unspecified atom stereocenters. The zero-order valence-corrected chi connectivity index (χ0v) is 19.6. The first-order valence-corrected chi connectivity index (χ1v) is 9.80. The topological polar surface area (TPSA) is 78.7 Å². The van der Waals surface area contributed by atoms with Crippen LogP contribution < -0.4 is 16.0 Å². The Balaban J connectivity index is 0.00000341. The molecule has 6 nitrogen and oxygen atoms in total. The Labute approximate surface area is 198 Å². The van der Waals surface area contributed by atoms with E-state index in [9.17, 15) is 9.18 Å². The van der Waals surface area contributed by atoms with E-state index in [1.165, 1.54) is 12.1 Å². The molecule has 1 amide bonds. The number of rotatable bonds is 8. The lowest BCUT2D eigenvalue weighted by Gasteiger charge is -2.12. The van der Waals surface area contributed by atoms with Crippen molar-refractivity contribution in [2.75, 3.05) is 6.54 Å². The summed E-state index contributed by atoms with van der Waals surface area (Å²) in [6, 6.07) is 17.4. The van der Waals surface area contributed by atoms with Gasteiger partial charge >= 0.3 is 0 Å². The maximum absolute atomic E-state index is 13.3. The Morgan fingerprint density at radius 3 is 2.52 bits per heavy atom. The summed E-state index contributed by atoms with van der Waals surface area (Å²) in [6.07, 6.45) is 1.57. The predicted octanol–water partition coefficient (Wildman–Crippen LogP) is 4.22. The number of halogens is 2. The summed E-state index contributed by atoms with van der Waals surface area (Å²) < 4.78 is 18.6. The number of hydrogen-bond donors (Lipinski definition) is 3. The minimum atomic E-state index is -0.275. The molecule has 0 atom stereocenters. The first kappa shape index (κ1) is 24.4. The molecule has 0 spiro atoms. The van der Waals surface area contributed by atoms with Crippen molar-refractivity contribution in [2.45, 2.75) is 26.6 Å². The first-order valence-electron chi connectivity index (χ1n) is 9.80. The van der Waals surface area contributed by atoms with Crippen LogP contribution in [0.5, 0.6) is 0 Å². The molecular weight excluding hydrogens is 510 g/mol. The highest BCUT2D eigenvalue weighted by Gasteiger charge is 2.07. The Morgan fingerprint density at radius 2 is 1.77 bits per heavy atom. The third-order valence-electron chi connectivity index (χ3n) is 4.31. The van der Waals surface area contributed by atoms with Gasteiger partial charge in [0.1, 0.15) is 11.6 Å². The first-order chi connectivity index (χ1) is 14.6. The number of nitrogens with zero attached hydrogens (tertiary/aromatic N) is 1. The number of carbonyl (C=O) groups excluding carboxylic acids is 1. The van der Waals surface area contributed by atoms with Gasteiger partial charge in [0, 0.05) is 18.7 Å². The van der Waals surface area contributed by atoms with Crippen LogP contribution in [0.15, 0.2) is 76.3 Å². The molecule has 0 aliphatic heterocycles. The Morgan fingerprint density at radius 1 is 0.968 bits per heavy atom. The summed E-state index contributed by atoms with van der Waals surface area (Å²) in [4.78, 5) is 16.9. The van der Waals surface area contributed by atoms with Gasteiger partial charge < -0.3 is 20.4 Å². The van der Waals surface area contributed by atoms with Gasteiger partial charge in [-0.2, -0.15) is 0 Å². The molecule has 0 aliphatic rings. The number of guanidine groups is 1. The molecule has 0 saturated carbocycles. The second kappa shape index (κ2) is 12.7. The highest BCUT2D eigenvalue weighted by atomic mass is 127. The van der Waals surface area contributed by atoms with Gasteiger partial charge in [0.25, 0.3) is 5.91 Å². The molecule has 3 N–H and O–H groups in total. The summed E-state index contributed by atoms with van der Waals surface area (Å²) >= 11 is 0. The molecule has 8 heteroatoms. The Hall–Kier alpha value is -2.88. The quantitative estimate of drug-likeness (QED) is 0.229. The van der Waals surface area contributed by atoms with E-state index in [1.807, 2.05) is 37.3 Å². The van der Waals surface area contributed by atoms with Gasteiger partial charge in [0.05, 0.1) is 19.4 Å². The van der Waals surface area contributed by atoms with Crippen molar-refractivity contribution in [3.63, 3.8) is 0 Å². The van der Waals surface area contributed by atoms with E-state index in [2.05, 4.69) is 20.9 Å². The van der Waals surface area contributed by atoms with E-state index < -0.39 is 0 Å². The van der Waals surface area contributed by atoms with E-state index in [0.717, 1.165) is 11.1 Å². The zero-order valence-electron chi connectivity index (χ0n) is 17.2. The third kappa shape index (κ3) is 8.05. The number of aliphatic imine (C=N–C) groups is 1. The maximum Gasteiger partial charge on any atom is 0.251 e. The zero-order chi connectivity index (χ0) is 21.2. The van der Waals surface area contributed by atoms with Crippen LogP contribution in [0.4, 0.5) is 4.39 Å². The average molecular weight is 536 g/mol. The fourth-order valence-corrected chi connectivity index (χ4v) is 2.84. The minimum Gasteiger partial charge on any atom is -0.467 e. The van der Waals surface area contributed by atoms with Crippen molar-refractivity contribution in [3.8, 4) is 0 Å². The molecule has 0 saturated heterocycles. The van der Waals surface area contributed by atoms with Crippen LogP contribution >= 0.6 is 24.0 Å². The van der Waals surface area contributed by atoms with Crippen LogP contribution in [0, 0.1) is 5.82 Å². The summed E-state index contributed by atoms with van der Waals surface area (Å²) in [5.74, 6) is 0.878. The highest BCUT2D eigenvalue weighted by molar-refractivity contribution is 14.0. The Kier molecular flexibility index (Phi) is 10.0. The lowest BCUT2D eigenvalue weighted by Crippen LogP contribution is -2.36. The molecule has 1 heterocycles. The lowest BCUT2D eigenvalue weighted by atomic mass is 10.1. The van der Waals surface area contributed by atoms with Crippen molar-refractivity contribution < 1.29 is 13.6 Å². The van der Waals surface area contributed by atoms with E-state index in [1.54, 1.807) is 24.5 Å².